The Morgan fingerprint density at radius 3 is 2.60 bits per heavy atom. The average molecular weight is 213 g/mol. The van der Waals surface area contributed by atoms with Crippen LogP contribution in [0.2, 0.25) is 0 Å². The molecular weight excluding hydrogens is 198 g/mol. The highest BCUT2D eigenvalue weighted by Crippen LogP contribution is 2.38. The van der Waals surface area contributed by atoms with Gasteiger partial charge in [0.1, 0.15) is 0 Å². The summed E-state index contributed by atoms with van der Waals surface area (Å²) in [4.78, 5) is 0. The smallest absolute Gasteiger partial charge is 0.200 e. The quantitative estimate of drug-likeness (QED) is 0.546. The van der Waals surface area contributed by atoms with Crippen molar-refractivity contribution in [1.29, 1.82) is 0 Å². The Bertz CT molecular complexity index is 340. The molecule has 0 aliphatic heterocycles. The largest absolute Gasteiger partial charge is 0.504 e. The lowest BCUT2D eigenvalue weighted by Crippen LogP contribution is -2.06. The van der Waals surface area contributed by atoms with Gasteiger partial charge in [0, 0.05) is 0 Å². The molecule has 0 heterocycles. The number of aliphatic hydroxyl groups excluding tert-OH is 1. The van der Waals surface area contributed by atoms with Gasteiger partial charge < -0.3 is 25.8 Å². The van der Waals surface area contributed by atoms with Gasteiger partial charge >= 0.3 is 0 Å². The summed E-state index contributed by atoms with van der Waals surface area (Å²) < 4.78 is 4.84. The molecule has 0 radical (unpaired) electrons. The van der Waals surface area contributed by atoms with Gasteiger partial charge in [-0.1, -0.05) is 0 Å². The molecule has 0 bridgehead atoms. The van der Waals surface area contributed by atoms with E-state index in [1.807, 2.05) is 0 Å². The summed E-state index contributed by atoms with van der Waals surface area (Å²) in [5, 5.41) is 28.3. The third-order valence-electron chi connectivity index (χ3n) is 2.12. The number of hydrogen-bond acceptors (Lipinski definition) is 5. The Kier molecular flexibility index (Phi) is 3.76. The highest BCUT2D eigenvalue weighted by atomic mass is 16.5. The van der Waals surface area contributed by atoms with Crippen molar-refractivity contribution in [3.8, 4) is 17.2 Å². The summed E-state index contributed by atoms with van der Waals surface area (Å²) in [6, 6.07) is 2.76. The summed E-state index contributed by atoms with van der Waals surface area (Å²) in [6.45, 7) is 0.338. The van der Waals surface area contributed by atoms with Crippen molar-refractivity contribution >= 4 is 0 Å². The number of phenols is 2. The van der Waals surface area contributed by atoms with E-state index >= 15 is 0 Å². The maximum atomic E-state index is 9.63. The molecule has 0 amide bonds. The Hall–Kier alpha value is -1.46. The first kappa shape index (κ1) is 11.6. The molecule has 1 aromatic rings. The number of phenolic OH excluding ortho intramolecular Hbond substituents is 2. The Balaban J connectivity index is 3.05. The fourth-order valence-corrected chi connectivity index (χ4v) is 1.29. The summed E-state index contributed by atoms with van der Waals surface area (Å²) in [5.41, 5.74) is 5.77. The van der Waals surface area contributed by atoms with Crippen molar-refractivity contribution in [2.24, 2.45) is 5.73 Å². The summed E-state index contributed by atoms with van der Waals surface area (Å²) in [5.74, 6) is -0.525. The SMILES string of the molecule is COc1cc([C@H](O)CCN)cc(O)c1O. The van der Waals surface area contributed by atoms with Gasteiger partial charge in [0.15, 0.2) is 11.5 Å². The number of ether oxygens (including phenoxy) is 1. The number of benzene rings is 1. The average Bonchev–Trinajstić information content (AvgIpc) is 2.22. The first-order valence-corrected chi connectivity index (χ1v) is 4.58. The van der Waals surface area contributed by atoms with Crippen LogP contribution < -0.4 is 10.5 Å². The fraction of sp³-hybridized carbons (Fsp3) is 0.400. The van der Waals surface area contributed by atoms with E-state index in [0.717, 1.165) is 0 Å². The van der Waals surface area contributed by atoms with Crippen molar-refractivity contribution in [1.82, 2.24) is 0 Å². The van der Waals surface area contributed by atoms with E-state index in [9.17, 15) is 15.3 Å². The van der Waals surface area contributed by atoms with Crippen molar-refractivity contribution in [2.75, 3.05) is 13.7 Å². The number of nitrogens with two attached hydrogens (primary N) is 1. The van der Waals surface area contributed by atoms with Crippen LogP contribution in [0.4, 0.5) is 0 Å². The van der Waals surface area contributed by atoms with Crippen LogP contribution in [0.1, 0.15) is 18.1 Å². The van der Waals surface area contributed by atoms with Crippen LogP contribution in [0.3, 0.4) is 0 Å². The van der Waals surface area contributed by atoms with Gasteiger partial charge in [-0.3, -0.25) is 0 Å². The summed E-state index contributed by atoms with van der Waals surface area (Å²) in [6.07, 6.45) is -0.386. The van der Waals surface area contributed by atoms with E-state index in [4.69, 9.17) is 10.5 Å². The second-order valence-corrected chi connectivity index (χ2v) is 3.18. The molecule has 0 aromatic heterocycles. The lowest BCUT2D eigenvalue weighted by atomic mass is 10.1. The maximum Gasteiger partial charge on any atom is 0.200 e. The Morgan fingerprint density at radius 1 is 1.40 bits per heavy atom. The van der Waals surface area contributed by atoms with Gasteiger partial charge in [-0.25, -0.2) is 0 Å². The lowest BCUT2D eigenvalue weighted by Gasteiger charge is -2.13. The summed E-state index contributed by atoms with van der Waals surface area (Å²) >= 11 is 0. The molecule has 1 rings (SSSR count). The van der Waals surface area contributed by atoms with Crippen LogP contribution in [0.15, 0.2) is 12.1 Å². The molecule has 0 aliphatic carbocycles. The third-order valence-corrected chi connectivity index (χ3v) is 2.12. The molecular formula is C10H15NO4. The predicted molar refractivity (Wildman–Crippen MR) is 55.0 cm³/mol. The molecule has 15 heavy (non-hydrogen) atoms. The first-order chi connectivity index (χ1) is 7.10. The zero-order valence-corrected chi connectivity index (χ0v) is 8.47. The monoisotopic (exact) mass is 213 g/mol. The highest BCUT2D eigenvalue weighted by Gasteiger charge is 2.14. The van der Waals surface area contributed by atoms with Crippen LogP contribution in [-0.4, -0.2) is 29.0 Å². The van der Waals surface area contributed by atoms with Crippen LogP contribution >= 0.6 is 0 Å². The fourth-order valence-electron chi connectivity index (χ4n) is 1.29. The normalized spacial score (nSPS) is 12.5. The molecule has 1 atom stereocenters. The van der Waals surface area contributed by atoms with E-state index in [-0.39, 0.29) is 17.2 Å². The van der Waals surface area contributed by atoms with Gasteiger partial charge in [0.25, 0.3) is 0 Å². The Morgan fingerprint density at radius 2 is 2.07 bits per heavy atom. The van der Waals surface area contributed by atoms with Gasteiger partial charge in [-0.05, 0) is 30.7 Å². The summed E-state index contributed by atoms with van der Waals surface area (Å²) in [7, 11) is 1.37. The van der Waals surface area contributed by atoms with Crippen molar-refractivity contribution in [3.05, 3.63) is 17.7 Å². The molecule has 0 saturated heterocycles. The lowest BCUT2D eigenvalue weighted by molar-refractivity contribution is 0.169. The first-order valence-electron chi connectivity index (χ1n) is 4.58. The molecule has 0 unspecified atom stereocenters. The van der Waals surface area contributed by atoms with Gasteiger partial charge in [0.2, 0.25) is 5.75 Å². The Labute approximate surface area is 87.7 Å². The van der Waals surface area contributed by atoms with E-state index < -0.39 is 6.10 Å². The van der Waals surface area contributed by atoms with E-state index in [2.05, 4.69) is 0 Å². The van der Waals surface area contributed by atoms with Crippen molar-refractivity contribution in [3.63, 3.8) is 0 Å². The van der Waals surface area contributed by atoms with Gasteiger partial charge in [-0.2, -0.15) is 0 Å². The molecule has 0 aliphatic rings. The minimum Gasteiger partial charge on any atom is -0.504 e. The number of hydrogen-bond donors (Lipinski definition) is 4. The van der Waals surface area contributed by atoms with Gasteiger partial charge in [-0.15, -0.1) is 0 Å². The molecule has 5 nitrogen and oxygen atoms in total. The van der Waals surface area contributed by atoms with Crippen LogP contribution in [0, 0.1) is 0 Å². The molecule has 5 heteroatoms. The molecule has 84 valence electrons. The molecule has 0 spiro atoms. The number of rotatable bonds is 4. The molecule has 0 saturated carbocycles. The number of aromatic hydroxyl groups is 2. The van der Waals surface area contributed by atoms with Crippen LogP contribution in [0.5, 0.6) is 17.2 Å². The second kappa shape index (κ2) is 4.86. The van der Waals surface area contributed by atoms with Crippen LogP contribution in [-0.2, 0) is 0 Å². The topological polar surface area (TPSA) is 95.9 Å². The highest BCUT2D eigenvalue weighted by molar-refractivity contribution is 5.52. The molecule has 5 N–H and O–H groups in total. The standard InChI is InChI=1S/C10H15NO4/c1-15-9-5-6(7(12)2-3-11)4-8(13)10(9)14/h4-5,7,12-14H,2-3,11H2,1H3/t7-/m1/s1. The van der Waals surface area contributed by atoms with Crippen molar-refractivity contribution < 1.29 is 20.1 Å². The molecule has 1 aromatic carbocycles. The van der Waals surface area contributed by atoms with E-state index in [1.54, 1.807) is 0 Å². The minimum atomic E-state index is -0.768. The van der Waals surface area contributed by atoms with Gasteiger partial charge in [0.05, 0.1) is 13.2 Å². The maximum absolute atomic E-state index is 9.63. The molecule has 0 fully saturated rings. The van der Waals surface area contributed by atoms with Crippen molar-refractivity contribution in [2.45, 2.75) is 12.5 Å². The predicted octanol–water partition coefficient (Wildman–Crippen LogP) is 0.489. The number of aliphatic hydroxyl groups is 1. The second-order valence-electron chi connectivity index (χ2n) is 3.18. The third kappa shape index (κ3) is 2.51. The van der Waals surface area contributed by atoms with E-state index in [0.29, 0.717) is 18.5 Å². The number of methoxy groups -OCH3 is 1. The van der Waals surface area contributed by atoms with E-state index in [1.165, 1.54) is 19.2 Å². The van der Waals surface area contributed by atoms with Crippen LogP contribution in [0.25, 0.3) is 0 Å². The zero-order valence-electron chi connectivity index (χ0n) is 8.47. The minimum absolute atomic E-state index is 0.126. The zero-order chi connectivity index (χ0) is 11.4.